The summed E-state index contributed by atoms with van der Waals surface area (Å²) in [5.74, 6) is -2.06. The highest BCUT2D eigenvalue weighted by Crippen LogP contribution is 2.45. The van der Waals surface area contributed by atoms with E-state index in [-0.39, 0.29) is 24.0 Å². The molecule has 3 N–H and O–H groups in total. The molecule has 7 nitrogen and oxygen atoms in total. The van der Waals surface area contributed by atoms with Crippen LogP contribution in [0.25, 0.3) is 11.6 Å². The van der Waals surface area contributed by atoms with Gasteiger partial charge in [0.05, 0.1) is 5.69 Å². The zero-order valence-corrected chi connectivity index (χ0v) is 16.8. The normalized spacial score (nSPS) is 24.8. The van der Waals surface area contributed by atoms with Gasteiger partial charge in [-0.2, -0.15) is 26.3 Å². The number of alkyl halides is 6. The van der Waals surface area contributed by atoms with E-state index >= 15 is 0 Å². The molecule has 0 unspecified atom stereocenters. The highest BCUT2D eigenvalue weighted by molar-refractivity contribution is 5.71. The molecular weight excluding hydrogens is 444 g/mol. The number of nitrogens with two attached hydrogens (primary N) is 1. The SMILES string of the molecule is Nc1cc(C(F)(F)F)c2nc1-c1nnc(o1)[C@](O)(C(F)(F)F)CCCCC[C@H]1CCCN21. The van der Waals surface area contributed by atoms with Crippen LogP contribution < -0.4 is 10.6 Å². The smallest absolute Gasteiger partial charge is 0.416 e. The van der Waals surface area contributed by atoms with Gasteiger partial charge >= 0.3 is 12.4 Å². The van der Waals surface area contributed by atoms with Gasteiger partial charge in [0.2, 0.25) is 5.60 Å². The van der Waals surface area contributed by atoms with Crippen molar-refractivity contribution in [2.75, 3.05) is 17.2 Å². The van der Waals surface area contributed by atoms with Gasteiger partial charge in [0.15, 0.2) is 5.69 Å². The first-order valence-electron chi connectivity index (χ1n) is 10.2. The second-order valence-electron chi connectivity index (χ2n) is 8.15. The average Bonchev–Trinajstić information content (AvgIpc) is 3.35. The molecule has 176 valence electrons. The Hall–Kier alpha value is -2.57. The van der Waals surface area contributed by atoms with E-state index in [0.717, 1.165) is 0 Å². The molecule has 32 heavy (non-hydrogen) atoms. The number of aromatic nitrogens is 3. The van der Waals surface area contributed by atoms with E-state index in [1.54, 1.807) is 4.90 Å². The fourth-order valence-electron chi connectivity index (χ4n) is 4.33. The van der Waals surface area contributed by atoms with Crippen molar-refractivity contribution in [2.45, 2.75) is 68.9 Å². The minimum Gasteiger partial charge on any atom is -0.416 e. The number of halogens is 6. The summed E-state index contributed by atoms with van der Waals surface area (Å²) in [6.45, 7) is 0.354. The monoisotopic (exact) mass is 465 g/mol. The summed E-state index contributed by atoms with van der Waals surface area (Å²) in [5.41, 5.74) is 0.505. The summed E-state index contributed by atoms with van der Waals surface area (Å²) in [7, 11) is 0. The molecule has 13 heteroatoms. The number of pyridine rings is 1. The molecule has 4 heterocycles. The highest BCUT2D eigenvalue weighted by Gasteiger charge is 2.58. The number of nitrogens with zero attached hydrogens (tertiary/aromatic N) is 4. The van der Waals surface area contributed by atoms with Gasteiger partial charge in [-0.3, -0.25) is 0 Å². The Morgan fingerprint density at radius 1 is 1.06 bits per heavy atom. The number of hydrogen-bond donors (Lipinski definition) is 2. The number of fused-ring (bicyclic) bond motifs is 7. The largest absolute Gasteiger partial charge is 0.426 e. The molecule has 0 aliphatic carbocycles. The van der Waals surface area contributed by atoms with Crippen LogP contribution in [-0.4, -0.2) is 39.1 Å². The van der Waals surface area contributed by atoms with E-state index in [0.29, 0.717) is 44.7 Å². The molecule has 4 rings (SSSR count). The highest BCUT2D eigenvalue weighted by atomic mass is 19.4. The number of nitrogen functional groups attached to an aromatic ring is 1. The molecule has 1 fully saturated rings. The quantitative estimate of drug-likeness (QED) is 0.556. The topological polar surface area (TPSA) is 101 Å². The minimum atomic E-state index is -5.10. The molecule has 0 radical (unpaired) electrons. The summed E-state index contributed by atoms with van der Waals surface area (Å²) in [5, 5.41) is 17.2. The van der Waals surface area contributed by atoms with Gasteiger partial charge in [-0.15, -0.1) is 10.2 Å². The van der Waals surface area contributed by atoms with Crippen molar-refractivity contribution in [1.29, 1.82) is 0 Å². The van der Waals surface area contributed by atoms with Crippen molar-refractivity contribution in [1.82, 2.24) is 15.2 Å². The van der Waals surface area contributed by atoms with Gasteiger partial charge < -0.3 is 20.2 Å². The molecule has 4 bridgehead atoms. The van der Waals surface area contributed by atoms with Crippen LogP contribution in [0.5, 0.6) is 0 Å². The van der Waals surface area contributed by atoms with Crippen LogP contribution in [-0.2, 0) is 11.8 Å². The molecule has 2 aromatic rings. The maximum absolute atomic E-state index is 13.8. The predicted octanol–water partition coefficient (Wildman–Crippen LogP) is 4.42. The van der Waals surface area contributed by atoms with Crippen molar-refractivity contribution in [2.24, 2.45) is 0 Å². The standard InChI is InChI=1S/C19H21F6N5O2/c20-18(21,22)11-9-12(26)13-15-28-29-16(32-15)17(31,19(23,24)25)7-3-1-2-5-10-6-4-8-30(10)14(11)27-13/h9-10,31H,1-8,26H2/t10-,17-/m0/s1. The fraction of sp³-hybridized carbons (Fsp3) is 0.632. The number of rotatable bonds is 0. The van der Waals surface area contributed by atoms with Crippen LogP contribution in [0.4, 0.5) is 37.8 Å². The van der Waals surface area contributed by atoms with Crippen molar-refractivity contribution in [3.63, 3.8) is 0 Å². The predicted molar refractivity (Wildman–Crippen MR) is 100 cm³/mol. The number of hydrogen-bond acceptors (Lipinski definition) is 7. The lowest BCUT2D eigenvalue weighted by Gasteiger charge is -2.29. The van der Waals surface area contributed by atoms with Crippen LogP contribution in [0.3, 0.4) is 0 Å². The lowest BCUT2D eigenvalue weighted by molar-refractivity contribution is -0.277. The van der Waals surface area contributed by atoms with Crippen molar-refractivity contribution in [3.05, 3.63) is 17.5 Å². The first-order valence-corrected chi connectivity index (χ1v) is 10.2. The van der Waals surface area contributed by atoms with E-state index in [1.807, 2.05) is 0 Å². The van der Waals surface area contributed by atoms with Gasteiger partial charge in [0, 0.05) is 12.6 Å². The third-order valence-electron chi connectivity index (χ3n) is 6.01. The number of anilines is 2. The van der Waals surface area contributed by atoms with Crippen LogP contribution >= 0.6 is 0 Å². The van der Waals surface area contributed by atoms with E-state index in [9.17, 15) is 31.4 Å². The van der Waals surface area contributed by atoms with Crippen molar-refractivity contribution in [3.8, 4) is 11.6 Å². The van der Waals surface area contributed by atoms with Gasteiger partial charge in [-0.1, -0.05) is 12.8 Å². The second-order valence-corrected chi connectivity index (χ2v) is 8.15. The summed E-state index contributed by atoms with van der Waals surface area (Å²) in [6, 6.07) is 0.432. The second kappa shape index (κ2) is 7.78. The third kappa shape index (κ3) is 3.86. The Morgan fingerprint density at radius 2 is 1.78 bits per heavy atom. The van der Waals surface area contributed by atoms with E-state index in [1.165, 1.54) is 0 Å². The van der Waals surface area contributed by atoms with Crippen LogP contribution in [0.15, 0.2) is 10.5 Å². The van der Waals surface area contributed by atoms with E-state index < -0.39 is 47.4 Å². The molecule has 2 aliphatic heterocycles. The Balaban J connectivity index is 1.90. The molecule has 0 spiro atoms. The molecule has 2 atom stereocenters. The first kappa shape index (κ1) is 22.6. The Kier molecular flexibility index (Phi) is 5.50. The molecule has 0 saturated carbocycles. The van der Waals surface area contributed by atoms with Crippen LogP contribution in [0, 0.1) is 0 Å². The van der Waals surface area contributed by atoms with Gasteiger partial charge in [0.1, 0.15) is 11.4 Å². The Labute approximate surface area is 178 Å². The summed E-state index contributed by atoms with van der Waals surface area (Å²) < 4.78 is 87.4. The molecule has 1 saturated heterocycles. The fourth-order valence-corrected chi connectivity index (χ4v) is 4.33. The zero-order chi connectivity index (χ0) is 23.3. The lowest BCUT2D eigenvalue weighted by atomic mass is 9.94. The minimum absolute atomic E-state index is 0.0138. The Morgan fingerprint density at radius 3 is 2.47 bits per heavy atom. The molecule has 2 aromatic heterocycles. The maximum atomic E-state index is 13.8. The van der Waals surface area contributed by atoms with Gasteiger partial charge in [-0.05, 0) is 38.2 Å². The summed E-state index contributed by atoms with van der Waals surface area (Å²) >= 11 is 0. The van der Waals surface area contributed by atoms with Gasteiger partial charge in [-0.25, -0.2) is 4.98 Å². The molecular formula is C19H21F6N5O2. The summed E-state index contributed by atoms with van der Waals surface area (Å²) in [6.07, 6.45) is -7.92. The third-order valence-corrected chi connectivity index (χ3v) is 6.01. The van der Waals surface area contributed by atoms with Crippen LogP contribution in [0.1, 0.15) is 56.4 Å². The van der Waals surface area contributed by atoms with Crippen LogP contribution in [0.2, 0.25) is 0 Å². The number of aliphatic hydroxyl groups is 1. The molecule has 0 amide bonds. The molecule has 2 aliphatic rings. The van der Waals surface area contributed by atoms with Gasteiger partial charge in [0.25, 0.3) is 11.8 Å². The molecule has 0 aromatic carbocycles. The maximum Gasteiger partial charge on any atom is 0.426 e. The van der Waals surface area contributed by atoms with E-state index in [4.69, 9.17) is 10.2 Å². The first-order chi connectivity index (χ1) is 14.9. The van der Waals surface area contributed by atoms with Crippen molar-refractivity contribution < 1.29 is 35.9 Å². The zero-order valence-electron chi connectivity index (χ0n) is 16.8. The van der Waals surface area contributed by atoms with E-state index in [2.05, 4.69) is 15.2 Å². The Bertz CT molecular complexity index is 992. The van der Waals surface area contributed by atoms with Crippen molar-refractivity contribution >= 4 is 11.5 Å². The summed E-state index contributed by atoms with van der Waals surface area (Å²) in [4.78, 5) is 5.62. The average molecular weight is 465 g/mol. The lowest BCUT2D eigenvalue weighted by Crippen LogP contribution is -2.42.